The highest BCUT2D eigenvalue weighted by atomic mass is 35.5. The summed E-state index contributed by atoms with van der Waals surface area (Å²) in [5.41, 5.74) is 0.460. The van der Waals surface area contributed by atoms with Crippen LogP contribution in [-0.2, 0) is 13.6 Å². The first-order chi connectivity index (χ1) is 7.68. The molecule has 2 aromatic rings. The summed E-state index contributed by atoms with van der Waals surface area (Å²) in [5, 5.41) is 3.53. The lowest BCUT2D eigenvalue weighted by Gasteiger charge is -2.07. The summed E-state index contributed by atoms with van der Waals surface area (Å²) < 4.78 is 15.0. The van der Waals surface area contributed by atoms with Crippen molar-refractivity contribution < 1.29 is 4.39 Å². The number of para-hydroxylation sites is 1. The molecule has 1 aromatic heterocycles. The van der Waals surface area contributed by atoms with Crippen LogP contribution in [0, 0.1) is 5.82 Å². The normalized spacial score (nSPS) is 10.4. The van der Waals surface area contributed by atoms with Crippen molar-refractivity contribution in [1.82, 2.24) is 9.55 Å². The van der Waals surface area contributed by atoms with E-state index in [-0.39, 0.29) is 5.82 Å². The summed E-state index contributed by atoms with van der Waals surface area (Å²) in [6.45, 7) is 0.435. The molecule has 2 rings (SSSR count). The molecule has 1 N–H and O–H groups in total. The van der Waals surface area contributed by atoms with Crippen LogP contribution >= 0.6 is 11.6 Å². The van der Waals surface area contributed by atoms with Crippen LogP contribution in [0.2, 0.25) is 5.15 Å². The molecule has 0 saturated carbocycles. The van der Waals surface area contributed by atoms with E-state index in [0.29, 0.717) is 17.4 Å². The number of aromatic nitrogens is 2. The Labute approximate surface area is 97.9 Å². The van der Waals surface area contributed by atoms with Gasteiger partial charge in [0.1, 0.15) is 16.8 Å². The largest absolute Gasteiger partial charge is 0.375 e. The maximum atomic E-state index is 13.3. The van der Waals surface area contributed by atoms with Crippen molar-refractivity contribution in [3.8, 4) is 0 Å². The average Bonchev–Trinajstić information content (AvgIpc) is 2.59. The Hall–Kier alpha value is -1.55. The van der Waals surface area contributed by atoms with Crippen molar-refractivity contribution in [3.63, 3.8) is 0 Å². The zero-order chi connectivity index (χ0) is 11.5. The minimum Gasteiger partial charge on any atom is -0.375 e. The van der Waals surface area contributed by atoms with Gasteiger partial charge >= 0.3 is 0 Å². The lowest BCUT2D eigenvalue weighted by Crippen LogP contribution is -2.07. The van der Waals surface area contributed by atoms with E-state index in [1.807, 2.05) is 7.05 Å². The fourth-order valence-corrected chi connectivity index (χ4v) is 1.51. The van der Waals surface area contributed by atoms with Crippen LogP contribution < -0.4 is 5.32 Å². The summed E-state index contributed by atoms with van der Waals surface area (Å²) in [5.74, 6) is 0.482. The minimum atomic E-state index is -0.275. The molecule has 3 nitrogen and oxygen atoms in total. The zero-order valence-electron chi connectivity index (χ0n) is 8.74. The SMILES string of the molecule is Cn1c(Cl)cnc1CNc1ccccc1F. The van der Waals surface area contributed by atoms with Crippen LogP contribution in [0.15, 0.2) is 30.5 Å². The highest BCUT2D eigenvalue weighted by Gasteiger charge is 2.05. The van der Waals surface area contributed by atoms with Gasteiger partial charge in [0.2, 0.25) is 0 Å². The second kappa shape index (κ2) is 4.53. The Bertz CT molecular complexity index is 496. The van der Waals surface area contributed by atoms with E-state index < -0.39 is 0 Å². The van der Waals surface area contributed by atoms with Crippen LogP contribution in [0.1, 0.15) is 5.82 Å². The maximum absolute atomic E-state index is 13.3. The van der Waals surface area contributed by atoms with Crippen molar-refractivity contribution >= 4 is 17.3 Å². The molecule has 0 aliphatic heterocycles. The monoisotopic (exact) mass is 239 g/mol. The number of imidazole rings is 1. The Morgan fingerprint density at radius 3 is 2.81 bits per heavy atom. The summed E-state index contributed by atoms with van der Waals surface area (Å²) in [7, 11) is 1.81. The third kappa shape index (κ3) is 2.17. The third-order valence-electron chi connectivity index (χ3n) is 2.34. The van der Waals surface area contributed by atoms with Crippen molar-refractivity contribution in [2.45, 2.75) is 6.54 Å². The first-order valence-electron chi connectivity index (χ1n) is 4.83. The van der Waals surface area contributed by atoms with Gasteiger partial charge in [-0.3, -0.25) is 0 Å². The van der Waals surface area contributed by atoms with Gasteiger partial charge in [-0.25, -0.2) is 9.37 Å². The number of halogens is 2. The first-order valence-corrected chi connectivity index (χ1v) is 5.21. The molecule has 5 heteroatoms. The smallest absolute Gasteiger partial charge is 0.146 e. The average molecular weight is 240 g/mol. The van der Waals surface area contributed by atoms with Crippen LogP contribution in [-0.4, -0.2) is 9.55 Å². The third-order valence-corrected chi connectivity index (χ3v) is 2.69. The van der Waals surface area contributed by atoms with E-state index in [4.69, 9.17) is 11.6 Å². The van der Waals surface area contributed by atoms with Gasteiger partial charge in [-0.15, -0.1) is 0 Å². The molecule has 84 valence electrons. The molecule has 16 heavy (non-hydrogen) atoms. The molecule has 1 heterocycles. The van der Waals surface area contributed by atoms with Crippen LogP contribution in [0.3, 0.4) is 0 Å². The molecule has 0 aliphatic carbocycles. The fraction of sp³-hybridized carbons (Fsp3) is 0.182. The van der Waals surface area contributed by atoms with Crippen molar-refractivity contribution in [3.05, 3.63) is 47.3 Å². The van der Waals surface area contributed by atoms with Crippen molar-refractivity contribution in [1.29, 1.82) is 0 Å². The zero-order valence-corrected chi connectivity index (χ0v) is 9.50. The van der Waals surface area contributed by atoms with Gasteiger partial charge in [-0.05, 0) is 12.1 Å². The predicted molar refractivity (Wildman–Crippen MR) is 61.9 cm³/mol. The number of hydrogen-bond donors (Lipinski definition) is 1. The summed E-state index contributed by atoms with van der Waals surface area (Å²) >= 11 is 5.84. The molecule has 0 unspecified atom stereocenters. The van der Waals surface area contributed by atoms with Gasteiger partial charge in [0.15, 0.2) is 0 Å². The molecular weight excluding hydrogens is 229 g/mol. The van der Waals surface area contributed by atoms with Gasteiger partial charge in [0, 0.05) is 7.05 Å². The molecule has 0 spiro atoms. The van der Waals surface area contributed by atoms with Gasteiger partial charge in [0.05, 0.1) is 18.4 Å². The predicted octanol–water partition coefficient (Wildman–Crippen LogP) is 2.82. The van der Waals surface area contributed by atoms with E-state index in [1.165, 1.54) is 6.07 Å². The number of hydrogen-bond acceptors (Lipinski definition) is 2. The summed E-state index contributed by atoms with van der Waals surface area (Å²) in [4.78, 5) is 4.11. The van der Waals surface area contributed by atoms with E-state index in [9.17, 15) is 4.39 Å². The quantitative estimate of drug-likeness (QED) is 0.893. The Morgan fingerprint density at radius 2 is 2.19 bits per heavy atom. The van der Waals surface area contributed by atoms with Crippen molar-refractivity contribution in [2.75, 3.05) is 5.32 Å². The second-order valence-corrected chi connectivity index (χ2v) is 3.78. The Morgan fingerprint density at radius 1 is 1.44 bits per heavy atom. The standard InChI is InChI=1S/C11H11ClFN3/c1-16-10(12)6-15-11(16)7-14-9-5-3-2-4-8(9)13/h2-6,14H,7H2,1H3. The molecular formula is C11H11ClFN3. The molecule has 0 fully saturated rings. The lowest BCUT2D eigenvalue weighted by atomic mass is 10.3. The van der Waals surface area contributed by atoms with E-state index in [2.05, 4.69) is 10.3 Å². The number of rotatable bonds is 3. The molecule has 1 aromatic carbocycles. The molecule has 0 amide bonds. The molecule has 0 atom stereocenters. The first kappa shape index (κ1) is 11.0. The number of nitrogens with zero attached hydrogens (tertiary/aromatic N) is 2. The molecule has 0 saturated heterocycles. The lowest BCUT2D eigenvalue weighted by molar-refractivity contribution is 0.629. The summed E-state index contributed by atoms with van der Waals surface area (Å²) in [6, 6.07) is 6.52. The topological polar surface area (TPSA) is 29.9 Å². The van der Waals surface area contributed by atoms with Gasteiger partial charge < -0.3 is 9.88 Å². The van der Waals surface area contributed by atoms with E-state index in [0.717, 1.165) is 5.82 Å². The summed E-state index contributed by atoms with van der Waals surface area (Å²) in [6.07, 6.45) is 1.57. The number of benzene rings is 1. The Balaban J connectivity index is 2.08. The Kier molecular flexibility index (Phi) is 3.10. The van der Waals surface area contributed by atoms with E-state index >= 15 is 0 Å². The number of anilines is 1. The van der Waals surface area contributed by atoms with Crippen LogP contribution in [0.25, 0.3) is 0 Å². The highest BCUT2D eigenvalue weighted by Crippen LogP contribution is 2.14. The van der Waals surface area contributed by atoms with Gasteiger partial charge in [-0.2, -0.15) is 0 Å². The van der Waals surface area contributed by atoms with Gasteiger partial charge in [-0.1, -0.05) is 23.7 Å². The van der Waals surface area contributed by atoms with Crippen LogP contribution in [0.4, 0.5) is 10.1 Å². The van der Waals surface area contributed by atoms with Crippen molar-refractivity contribution in [2.24, 2.45) is 7.05 Å². The molecule has 0 radical (unpaired) electrons. The fourth-order valence-electron chi connectivity index (χ4n) is 1.37. The maximum Gasteiger partial charge on any atom is 0.146 e. The van der Waals surface area contributed by atoms with Crippen LogP contribution in [0.5, 0.6) is 0 Å². The second-order valence-electron chi connectivity index (χ2n) is 3.39. The molecule has 0 aliphatic rings. The van der Waals surface area contributed by atoms with Gasteiger partial charge in [0.25, 0.3) is 0 Å². The highest BCUT2D eigenvalue weighted by molar-refractivity contribution is 6.29. The minimum absolute atomic E-state index is 0.275. The molecule has 0 bridgehead atoms. The van der Waals surface area contributed by atoms with E-state index in [1.54, 1.807) is 29.0 Å². The number of nitrogens with one attached hydrogen (secondary N) is 1.